The van der Waals surface area contributed by atoms with Crippen LogP contribution in [0.3, 0.4) is 0 Å². The second-order valence-corrected chi connectivity index (χ2v) is 16.6. The topological polar surface area (TPSA) is 587 Å². The van der Waals surface area contributed by atoms with Gasteiger partial charge in [0, 0.05) is 89.7 Å². The van der Waals surface area contributed by atoms with Crippen LogP contribution in [-0.2, 0) is 0 Å². The lowest BCUT2D eigenvalue weighted by Crippen LogP contribution is -2.44. The molecule has 0 atom stereocenters. The molecule has 34 heteroatoms. The molecule has 0 aromatic heterocycles. The predicted molar refractivity (Wildman–Crippen MR) is 315 cm³/mol. The van der Waals surface area contributed by atoms with Crippen LogP contribution in [0, 0.1) is 0 Å². The molecule has 422 valence electrons. The Hall–Kier alpha value is -10.9. The lowest BCUT2D eigenvalue weighted by molar-refractivity contribution is 0.238. The number of guanidine groups is 6. The van der Waals surface area contributed by atoms with E-state index in [2.05, 4.69) is 93.1 Å². The van der Waals surface area contributed by atoms with Crippen LogP contribution < -0.4 is 101 Å². The molecule has 0 spiro atoms. The van der Waals surface area contributed by atoms with Crippen molar-refractivity contribution in [2.24, 2.45) is 130 Å². The van der Waals surface area contributed by atoms with Gasteiger partial charge in [0.1, 0.15) is 0 Å². The van der Waals surface area contributed by atoms with E-state index >= 15 is 0 Å². The average Bonchev–Trinajstić information content (AvgIpc) is 3.38. The van der Waals surface area contributed by atoms with Gasteiger partial charge in [-0.2, -0.15) is 30.6 Å². The van der Waals surface area contributed by atoms with Crippen LogP contribution in [0.2, 0.25) is 0 Å². The van der Waals surface area contributed by atoms with E-state index in [1.807, 2.05) is 4.90 Å². The molecule has 0 aliphatic carbocycles. The molecule has 0 radical (unpaired) electrons. The number of urea groups is 3. The zero-order valence-corrected chi connectivity index (χ0v) is 44.4. The summed E-state index contributed by atoms with van der Waals surface area (Å²) >= 11 is 0. The van der Waals surface area contributed by atoms with Gasteiger partial charge in [-0.25, -0.2) is 14.4 Å². The van der Waals surface area contributed by atoms with Crippen molar-refractivity contribution in [2.75, 3.05) is 55.2 Å². The minimum absolute atomic E-state index is 0.0981. The van der Waals surface area contributed by atoms with Crippen LogP contribution in [0.4, 0.5) is 31.4 Å². The summed E-state index contributed by atoms with van der Waals surface area (Å²) in [7, 11) is 0. The summed E-state index contributed by atoms with van der Waals surface area (Å²) in [5, 5.41) is 63.5. The highest BCUT2D eigenvalue weighted by molar-refractivity contribution is 6.09. The molecule has 0 heterocycles. The fourth-order valence-electron chi connectivity index (χ4n) is 6.34. The number of carbonyl (C=O) groups is 3. The molecular formula is C45H69N31O3. The van der Waals surface area contributed by atoms with Crippen molar-refractivity contribution >= 4 is 105 Å². The maximum atomic E-state index is 13.4. The number of anilines is 3. The monoisotopic (exact) mass is 1090 g/mol. The Kier molecular flexibility index (Phi) is 24.5. The number of benzene rings is 3. The zero-order chi connectivity index (χ0) is 58.8. The molecule has 0 aliphatic heterocycles. The number of amides is 6. The highest BCUT2D eigenvalue weighted by atomic mass is 16.2. The number of nitrogens with two attached hydrogens (primary N) is 12. The van der Waals surface area contributed by atoms with Crippen molar-refractivity contribution < 1.29 is 14.4 Å². The normalized spacial score (nSPS) is 12.0. The highest BCUT2D eigenvalue weighted by Gasteiger charge is 2.15. The number of hydrogen-bond acceptors (Lipinski definition) is 16. The van der Waals surface area contributed by atoms with E-state index in [0.29, 0.717) is 84.7 Å². The largest absolute Gasteiger partial charge is 0.369 e. The van der Waals surface area contributed by atoms with Gasteiger partial charge in [0.05, 0.1) is 34.3 Å². The molecule has 0 saturated carbocycles. The fraction of sp³-hybridized carbons (Fsp3) is 0.267. The molecule has 3 aromatic carbocycles. The number of carbonyl (C=O) groups excluding carboxylic acids is 3. The highest BCUT2D eigenvalue weighted by Crippen LogP contribution is 2.20. The number of nitrogens with one attached hydrogen (secondary N) is 6. The van der Waals surface area contributed by atoms with Gasteiger partial charge in [-0.05, 0) is 96.1 Å². The SMILES string of the molecule is C/C(=N\N=C(N)N)c1cc(NC(=O)NCCN(CCNC(=O)Nc2cc(/C(C)=N/N=C(N)N)cc(/C(C)=N/N=C(N)N)c2)CCNC(=O)Nc2cc(/C(C)=N/N=C(N)N)cc(/C(C)=N/N=C(N)N)c2)cc(/C(C)=N/N=C(N)N)c1. The van der Waals surface area contributed by atoms with Gasteiger partial charge in [-0.1, -0.05) is 0 Å². The van der Waals surface area contributed by atoms with E-state index in [1.54, 1.807) is 96.1 Å². The van der Waals surface area contributed by atoms with Crippen molar-refractivity contribution in [1.82, 2.24) is 20.9 Å². The molecule has 3 aromatic rings. The molecular weight excluding hydrogens is 1020 g/mol. The van der Waals surface area contributed by atoms with E-state index in [1.165, 1.54) is 0 Å². The summed E-state index contributed by atoms with van der Waals surface area (Å²) in [5.74, 6) is -1.53. The van der Waals surface area contributed by atoms with Gasteiger partial charge < -0.3 is 101 Å². The molecule has 0 aliphatic rings. The van der Waals surface area contributed by atoms with Crippen LogP contribution in [-0.4, -0.2) is 132 Å². The van der Waals surface area contributed by atoms with Crippen LogP contribution >= 0.6 is 0 Å². The summed E-state index contributed by atoms with van der Waals surface area (Å²) < 4.78 is 0. The summed E-state index contributed by atoms with van der Waals surface area (Å²) in [6, 6.07) is 13.4. The Bertz CT molecular complexity index is 2570. The Balaban J connectivity index is 1.89. The summed E-state index contributed by atoms with van der Waals surface area (Å²) in [4.78, 5) is 42.2. The summed E-state index contributed by atoms with van der Waals surface area (Å²) in [6.45, 7) is 11.0. The fourth-order valence-corrected chi connectivity index (χ4v) is 6.34. The van der Waals surface area contributed by atoms with E-state index < -0.39 is 18.1 Å². The third-order valence-corrected chi connectivity index (χ3v) is 10.1. The third-order valence-electron chi connectivity index (χ3n) is 10.1. The standard InChI is InChI=1S/C45H69N31O3/c1-22(64-70-37(46)47)28-13-29(23(2)65-71-38(48)49)17-34(16-28)61-43(77)58-7-10-76(11-8-59-44(78)62-35-18-30(24(3)66-72-39(50)51)14-31(19-35)25(4)67-73-40(52)53)12-9-60-45(79)63-36-20-32(26(5)68-74-41(54)55)15-33(21-36)27(6)69-75-42(56)57/h13-21H,7-12H2,1-6H3,(H4,46,47,70)(H4,48,49,71)(H4,50,51,72)(H4,52,53,73)(H4,54,55,74)(H4,56,57,75)(H2,58,61,77)(H2,59,62,78)(H2,60,63,79)/b64-22+,65-23+,66-24+,67-25+,68-26+,69-27+. The Morgan fingerprint density at radius 3 is 0.658 bits per heavy atom. The lowest BCUT2D eigenvalue weighted by Gasteiger charge is -2.23. The number of hydrogen-bond donors (Lipinski definition) is 18. The molecule has 6 amide bonds. The Labute approximate surface area is 454 Å². The maximum absolute atomic E-state index is 13.4. The van der Waals surface area contributed by atoms with Gasteiger partial charge in [0.2, 0.25) is 35.8 Å². The minimum atomic E-state index is -0.576. The molecule has 30 N–H and O–H groups in total. The first-order valence-electron chi connectivity index (χ1n) is 23.4. The van der Waals surface area contributed by atoms with Crippen molar-refractivity contribution in [3.8, 4) is 0 Å². The first kappa shape index (κ1) is 62.4. The van der Waals surface area contributed by atoms with Crippen LogP contribution in [0.25, 0.3) is 0 Å². The summed E-state index contributed by atoms with van der Waals surface area (Å²) in [5.41, 5.74) is 72.5. The van der Waals surface area contributed by atoms with Crippen molar-refractivity contribution in [3.05, 3.63) is 88.0 Å². The molecule has 0 bridgehead atoms. The third kappa shape index (κ3) is 23.9. The lowest BCUT2D eigenvalue weighted by atomic mass is 10.0. The van der Waals surface area contributed by atoms with Crippen LogP contribution in [0.1, 0.15) is 74.9 Å². The molecule has 3 rings (SSSR count). The quantitative estimate of drug-likeness (QED) is 0.0256. The molecule has 79 heavy (non-hydrogen) atoms. The first-order valence-corrected chi connectivity index (χ1v) is 23.4. The van der Waals surface area contributed by atoms with Crippen molar-refractivity contribution in [1.29, 1.82) is 0 Å². The second-order valence-electron chi connectivity index (χ2n) is 16.6. The van der Waals surface area contributed by atoms with E-state index in [9.17, 15) is 14.4 Å². The number of rotatable bonds is 24. The van der Waals surface area contributed by atoms with E-state index in [0.717, 1.165) is 0 Å². The minimum Gasteiger partial charge on any atom is -0.369 e. The van der Waals surface area contributed by atoms with Crippen LogP contribution in [0.15, 0.2) is 116 Å². The smallest absolute Gasteiger partial charge is 0.319 e. The Morgan fingerprint density at radius 2 is 0.494 bits per heavy atom. The molecule has 0 unspecified atom stereocenters. The molecule has 0 fully saturated rings. The van der Waals surface area contributed by atoms with Crippen molar-refractivity contribution in [3.63, 3.8) is 0 Å². The van der Waals surface area contributed by atoms with E-state index in [4.69, 9.17) is 68.8 Å². The average molecular weight is 1090 g/mol. The van der Waals surface area contributed by atoms with Crippen molar-refractivity contribution in [2.45, 2.75) is 41.5 Å². The van der Waals surface area contributed by atoms with Gasteiger partial charge in [0.15, 0.2) is 0 Å². The van der Waals surface area contributed by atoms with Gasteiger partial charge >= 0.3 is 18.1 Å². The maximum Gasteiger partial charge on any atom is 0.319 e. The molecule has 34 nitrogen and oxygen atoms in total. The summed E-state index contributed by atoms with van der Waals surface area (Å²) in [6.07, 6.45) is 0. The zero-order valence-electron chi connectivity index (χ0n) is 44.4. The molecule has 0 saturated heterocycles. The Morgan fingerprint density at radius 1 is 0.316 bits per heavy atom. The first-order chi connectivity index (χ1) is 37.3. The second kappa shape index (κ2) is 31.1. The van der Waals surface area contributed by atoms with Gasteiger partial charge in [0.25, 0.3) is 0 Å². The van der Waals surface area contributed by atoms with Gasteiger partial charge in [-0.15, -0.1) is 30.6 Å². The van der Waals surface area contributed by atoms with Gasteiger partial charge in [-0.3, -0.25) is 4.90 Å². The number of nitrogens with zero attached hydrogens (tertiary/aromatic N) is 13. The van der Waals surface area contributed by atoms with E-state index in [-0.39, 0.29) is 75.0 Å². The predicted octanol–water partition coefficient (Wildman–Crippen LogP) is -2.26. The van der Waals surface area contributed by atoms with Crippen LogP contribution in [0.5, 0.6) is 0 Å².